The van der Waals surface area contributed by atoms with Gasteiger partial charge in [-0.15, -0.1) is 0 Å². The average molecular weight is 508 g/mol. The van der Waals surface area contributed by atoms with E-state index >= 15 is 0 Å². The Morgan fingerprint density at radius 3 is 1.11 bits per heavy atom. The minimum atomic E-state index is 0. The molecule has 0 spiro atoms. The molecule has 157 valence electrons. The standard InChI is InChI=1S/C22H33N3.2ClH.Tc/c1-15-11-17(3)21(18(4)12-15)24-9-7-23-8-10-25-22-19(5)13-16(2)14-20(22)6;;;/h11-14,23-25H,7-10H2,1-6H3;2*1H;/q;;;+2/p-2. The van der Waals surface area contributed by atoms with Crippen LogP contribution in [0.25, 0.3) is 0 Å². The summed E-state index contributed by atoms with van der Waals surface area (Å²) in [6.45, 7) is 16.8. The van der Waals surface area contributed by atoms with Gasteiger partial charge in [0, 0.05) is 37.6 Å². The van der Waals surface area contributed by atoms with E-state index in [4.69, 9.17) is 0 Å². The first kappa shape index (κ1) is 29.4. The van der Waals surface area contributed by atoms with E-state index in [1.807, 2.05) is 0 Å². The first-order valence-electron chi connectivity index (χ1n) is 9.22. The summed E-state index contributed by atoms with van der Waals surface area (Å²) in [5.41, 5.74) is 10.5. The zero-order valence-electron chi connectivity index (χ0n) is 17.8. The van der Waals surface area contributed by atoms with E-state index < -0.39 is 0 Å². The van der Waals surface area contributed by atoms with Crippen molar-refractivity contribution >= 4 is 11.4 Å². The number of nitrogens with one attached hydrogen (secondary N) is 3. The number of anilines is 2. The molecule has 0 fully saturated rings. The minimum absolute atomic E-state index is 0. The molecule has 0 atom stereocenters. The van der Waals surface area contributed by atoms with Crippen molar-refractivity contribution in [3.05, 3.63) is 57.6 Å². The van der Waals surface area contributed by atoms with Gasteiger partial charge in [0.15, 0.2) is 0 Å². The van der Waals surface area contributed by atoms with Gasteiger partial charge < -0.3 is 40.8 Å². The third-order valence-corrected chi connectivity index (χ3v) is 4.56. The maximum Gasteiger partial charge on any atom is 2.00 e. The maximum atomic E-state index is 3.56. The maximum absolute atomic E-state index is 3.56. The van der Waals surface area contributed by atoms with Crippen LogP contribution in [0.2, 0.25) is 0 Å². The molecule has 0 amide bonds. The molecule has 0 heterocycles. The summed E-state index contributed by atoms with van der Waals surface area (Å²) in [5, 5.41) is 10.6. The molecule has 1 radical (unpaired) electrons. The molecule has 0 aromatic heterocycles. The van der Waals surface area contributed by atoms with E-state index in [0.717, 1.165) is 26.2 Å². The first-order chi connectivity index (χ1) is 11.9. The topological polar surface area (TPSA) is 36.1 Å². The number of aryl methyl sites for hydroxylation is 6. The van der Waals surface area contributed by atoms with Gasteiger partial charge in [-0.1, -0.05) is 35.4 Å². The summed E-state index contributed by atoms with van der Waals surface area (Å²) in [6, 6.07) is 8.94. The second kappa shape index (κ2) is 14.2. The van der Waals surface area contributed by atoms with Crippen LogP contribution in [0.5, 0.6) is 0 Å². The molecule has 3 N–H and O–H groups in total. The predicted molar refractivity (Wildman–Crippen MR) is 111 cm³/mol. The molecule has 2 aromatic rings. The monoisotopic (exact) mass is 506 g/mol. The van der Waals surface area contributed by atoms with Gasteiger partial charge in [-0.3, -0.25) is 0 Å². The molecule has 0 saturated heterocycles. The van der Waals surface area contributed by atoms with Crippen LogP contribution < -0.4 is 40.8 Å². The molecule has 0 aliphatic rings. The summed E-state index contributed by atoms with van der Waals surface area (Å²) in [7, 11) is 0. The second-order valence-corrected chi connectivity index (χ2v) is 7.15. The zero-order valence-corrected chi connectivity index (χ0v) is 21.1. The Morgan fingerprint density at radius 1 is 0.536 bits per heavy atom. The van der Waals surface area contributed by atoms with Crippen LogP contribution in [0, 0.1) is 41.5 Å². The van der Waals surface area contributed by atoms with Gasteiger partial charge in [-0.05, 0) is 63.8 Å². The van der Waals surface area contributed by atoms with E-state index in [0.29, 0.717) is 0 Å². The van der Waals surface area contributed by atoms with Crippen molar-refractivity contribution in [2.75, 3.05) is 36.8 Å². The van der Waals surface area contributed by atoms with Crippen LogP contribution in [-0.2, 0) is 20.1 Å². The van der Waals surface area contributed by atoms with Crippen LogP contribution in [0.4, 0.5) is 11.4 Å². The zero-order chi connectivity index (χ0) is 18.4. The van der Waals surface area contributed by atoms with Crippen molar-refractivity contribution in [2.24, 2.45) is 0 Å². The number of hydrogen-bond acceptors (Lipinski definition) is 3. The van der Waals surface area contributed by atoms with Crippen molar-refractivity contribution in [1.29, 1.82) is 0 Å². The molecular weight excluding hydrogens is 475 g/mol. The van der Waals surface area contributed by atoms with E-state index in [1.54, 1.807) is 0 Å². The van der Waals surface area contributed by atoms with Crippen LogP contribution >= 0.6 is 0 Å². The Morgan fingerprint density at radius 2 is 0.821 bits per heavy atom. The molecule has 0 aliphatic heterocycles. The van der Waals surface area contributed by atoms with Crippen LogP contribution in [0.1, 0.15) is 33.4 Å². The third-order valence-electron chi connectivity index (χ3n) is 4.56. The van der Waals surface area contributed by atoms with E-state index in [1.165, 1.54) is 44.8 Å². The normalized spacial score (nSPS) is 9.64. The molecule has 0 aliphatic carbocycles. The third kappa shape index (κ3) is 8.71. The minimum Gasteiger partial charge on any atom is -1.00 e. The van der Waals surface area contributed by atoms with Crippen molar-refractivity contribution in [3.63, 3.8) is 0 Å². The van der Waals surface area contributed by atoms with Gasteiger partial charge in [0.25, 0.3) is 0 Å². The van der Waals surface area contributed by atoms with Crippen molar-refractivity contribution in [1.82, 2.24) is 5.32 Å². The van der Waals surface area contributed by atoms with Crippen molar-refractivity contribution < 1.29 is 44.9 Å². The Hall–Kier alpha value is -0.771. The summed E-state index contributed by atoms with van der Waals surface area (Å²) in [6.07, 6.45) is 0. The van der Waals surface area contributed by atoms with Crippen molar-refractivity contribution in [3.8, 4) is 0 Å². The average Bonchev–Trinajstić information content (AvgIpc) is 2.50. The van der Waals surface area contributed by atoms with Gasteiger partial charge in [0.05, 0.1) is 0 Å². The van der Waals surface area contributed by atoms with E-state index in [-0.39, 0.29) is 44.9 Å². The molecule has 0 bridgehead atoms. The van der Waals surface area contributed by atoms with Gasteiger partial charge in [0.1, 0.15) is 0 Å². The van der Waals surface area contributed by atoms with Crippen molar-refractivity contribution in [2.45, 2.75) is 41.5 Å². The van der Waals surface area contributed by atoms with Gasteiger partial charge in [-0.25, -0.2) is 0 Å². The molecule has 0 saturated carbocycles. The summed E-state index contributed by atoms with van der Waals surface area (Å²) < 4.78 is 0. The second-order valence-electron chi connectivity index (χ2n) is 7.15. The molecule has 2 rings (SSSR count). The fourth-order valence-corrected chi connectivity index (χ4v) is 3.59. The summed E-state index contributed by atoms with van der Waals surface area (Å²) in [4.78, 5) is 0. The predicted octanol–water partition coefficient (Wildman–Crippen LogP) is -1.34. The van der Waals surface area contributed by atoms with E-state index in [9.17, 15) is 0 Å². The number of rotatable bonds is 8. The first-order valence-corrected chi connectivity index (χ1v) is 9.22. The van der Waals surface area contributed by atoms with Gasteiger partial charge in [-0.2, -0.15) is 0 Å². The fraction of sp³-hybridized carbons (Fsp3) is 0.455. The molecule has 28 heavy (non-hydrogen) atoms. The largest absolute Gasteiger partial charge is 2.00 e. The quantitative estimate of drug-likeness (QED) is 0.387. The molecule has 6 heteroatoms. The fourth-order valence-electron chi connectivity index (χ4n) is 3.59. The smallest absolute Gasteiger partial charge is 1.00 e. The number of hydrogen-bond donors (Lipinski definition) is 3. The molecule has 3 nitrogen and oxygen atoms in total. The molecule has 2 aromatic carbocycles. The summed E-state index contributed by atoms with van der Waals surface area (Å²) in [5.74, 6) is 0. The molecular formula is C22H33Cl2N3Tc. The Labute approximate surface area is 197 Å². The van der Waals surface area contributed by atoms with Crippen LogP contribution in [0.15, 0.2) is 24.3 Å². The Bertz CT molecular complexity index is 628. The van der Waals surface area contributed by atoms with Crippen LogP contribution in [-0.4, -0.2) is 26.2 Å². The van der Waals surface area contributed by atoms with Crippen LogP contribution in [0.3, 0.4) is 0 Å². The Balaban J connectivity index is 0. The number of benzene rings is 2. The van der Waals surface area contributed by atoms with Gasteiger partial charge in [0.2, 0.25) is 0 Å². The Kier molecular flexibility index (Phi) is 15.0. The SMILES string of the molecule is Cc1cc(C)c(NCCNCCNc2c(C)cc(C)cc2C)c(C)c1.[Cl-].[Cl-].[Tc+2]. The summed E-state index contributed by atoms with van der Waals surface area (Å²) >= 11 is 0. The van der Waals surface area contributed by atoms with Gasteiger partial charge >= 0.3 is 20.1 Å². The number of halogens is 2. The van der Waals surface area contributed by atoms with E-state index in [2.05, 4.69) is 81.8 Å². The molecule has 0 unspecified atom stereocenters.